The molecule has 1 N–H and O–H groups in total. The van der Waals surface area contributed by atoms with Gasteiger partial charge in [0.15, 0.2) is 0 Å². The predicted molar refractivity (Wildman–Crippen MR) is 71.9 cm³/mol. The van der Waals surface area contributed by atoms with Gasteiger partial charge in [0.1, 0.15) is 17.7 Å². The van der Waals surface area contributed by atoms with Crippen molar-refractivity contribution in [2.24, 2.45) is 0 Å². The summed E-state index contributed by atoms with van der Waals surface area (Å²) in [7, 11) is 0. The van der Waals surface area contributed by atoms with Crippen LogP contribution >= 0.6 is 15.9 Å². The molecule has 96 valence electrons. The Hall–Kier alpha value is -0.610. The van der Waals surface area contributed by atoms with E-state index in [1.54, 1.807) is 6.07 Å². The molecule has 4 heteroatoms. The zero-order chi connectivity index (χ0) is 12.8. The second kappa shape index (κ2) is 6.97. The first-order valence-electron chi connectivity index (χ1n) is 5.87. The van der Waals surface area contributed by atoms with Crippen LogP contribution in [0.1, 0.15) is 27.2 Å². The maximum atomic E-state index is 13.1. The van der Waals surface area contributed by atoms with Crippen LogP contribution in [0.15, 0.2) is 22.7 Å². The van der Waals surface area contributed by atoms with Crippen LogP contribution in [0.4, 0.5) is 4.39 Å². The molecule has 0 bridgehead atoms. The zero-order valence-corrected chi connectivity index (χ0v) is 12.1. The molecule has 0 heterocycles. The predicted octanol–water partition coefficient (Wildman–Crippen LogP) is 3.74. The van der Waals surface area contributed by atoms with Gasteiger partial charge in [0.05, 0.1) is 0 Å². The lowest BCUT2D eigenvalue weighted by molar-refractivity contribution is 0.211. The van der Waals surface area contributed by atoms with E-state index in [-0.39, 0.29) is 11.9 Å². The van der Waals surface area contributed by atoms with E-state index in [0.717, 1.165) is 13.0 Å². The highest BCUT2D eigenvalue weighted by atomic mass is 79.9. The van der Waals surface area contributed by atoms with E-state index < -0.39 is 0 Å². The Kier molecular flexibility index (Phi) is 5.92. The van der Waals surface area contributed by atoms with Crippen molar-refractivity contribution in [1.29, 1.82) is 0 Å². The topological polar surface area (TPSA) is 21.3 Å². The number of nitrogens with one attached hydrogen (secondary N) is 1. The summed E-state index contributed by atoms with van der Waals surface area (Å²) < 4.78 is 19.4. The van der Waals surface area contributed by atoms with Gasteiger partial charge in [-0.05, 0) is 32.4 Å². The van der Waals surface area contributed by atoms with Crippen molar-refractivity contribution in [3.8, 4) is 5.75 Å². The minimum absolute atomic E-state index is 0.0118. The van der Waals surface area contributed by atoms with Crippen LogP contribution in [0.5, 0.6) is 5.75 Å². The van der Waals surface area contributed by atoms with Crippen molar-refractivity contribution in [3.05, 3.63) is 28.5 Å². The molecule has 2 atom stereocenters. The molecule has 0 radical (unpaired) electrons. The zero-order valence-electron chi connectivity index (χ0n) is 10.5. The van der Waals surface area contributed by atoms with Gasteiger partial charge in [-0.15, -0.1) is 0 Å². The maximum absolute atomic E-state index is 13.1. The molecule has 0 saturated heterocycles. The Bertz CT molecular complexity index is 339. The summed E-state index contributed by atoms with van der Waals surface area (Å²) in [4.78, 5) is 0. The van der Waals surface area contributed by atoms with Crippen molar-refractivity contribution in [1.82, 2.24) is 5.32 Å². The molecular formula is C13H19BrFNO. The highest BCUT2D eigenvalue weighted by molar-refractivity contribution is 9.10. The molecule has 0 amide bonds. The van der Waals surface area contributed by atoms with Crippen molar-refractivity contribution in [3.63, 3.8) is 0 Å². The van der Waals surface area contributed by atoms with Gasteiger partial charge in [-0.2, -0.15) is 0 Å². The summed E-state index contributed by atoms with van der Waals surface area (Å²) in [5, 5.41) is 3.35. The summed E-state index contributed by atoms with van der Waals surface area (Å²) in [5.41, 5.74) is 0. The molecule has 0 aromatic heterocycles. The summed E-state index contributed by atoms with van der Waals surface area (Å²) in [6.07, 6.45) is 1.09. The third kappa shape index (κ3) is 5.50. The van der Waals surface area contributed by atoms with E-state index in [0.29, 0.717) is 16.3 Å². The molecular weight excluding hydrogens is 285 g/mol. The average Bonchev–Trinajstić information content (AvgIpc) is 2.24. The van der Waals surface area contributed by atoms with Gasteiger partial charge in [-0.1, -0.05) is 22.9 Å². The monoisotopic (exact) mass is 303 g/mol. The fourth-order valence-electron chi connectivity index (χ4n) is 1.38. The summed E-state index contributed by atoms with van der Waals surface area (Å²) in [6.45, 7) is 6.98. The number of ether oxygens (including phenoxy) is 1. The molecule has 0 aliphatic carbocycles. The number of hydrogen-bond donors (Lipinski definition) is 1. The lowest BCUT2D eigenvalue weighted by atomic mass is 10.2. The second-order valence-electron chi connectivity index (χ2n) is 4.25. The largest absolute Gasteiger partial charge is 0.489 e. The first-order valence-corrected chi connectivity index (χ1v) is 6.66. The smallest absolute Gasteiger partial charge is 0.128 e. The van der Waals surface area contributed by atoms with E-state index in [4.69, 9.17) is 4.74 Å². The molecule has 17 heavy (non-hydrogen) atoms. The Morgan fingerprint density at radius 2 is 2.06 bits per heavy atom. The molecule has 0 fully saturated rings. The minimum Gasteiger partial charge on any atom is -0.489 e. The van der Waals surface area contributed by atoms with Crippen molar-refractivity contribution in [2.75, 3.05) is 6.54 Å². The third-order valence-corrected chi connectivity index (χ3v) is 3.00. The first-order chi connectivity index (χ1) is 8.01. The molecule has 0 spiro atoms. The fourth-order valence-corrected chi connectivity index (χ4v) is 1.83. The molecule has 0 aliphatic rings. The highest BCUT2D eigenvalue weighted by Crippen LogP contribution is 2.21. The Balaban J connectivity index is 2.47. The second-order valence-corrected chi connectivity index (χ2v) is 5.17. The van der Waals surface area contributed by atoms with Gasteiger partial charge in [-0.3, -0.25) is 0 Å². The number of hydrogen-bond acceptors (Lipinski definition) is 2. The minimum atomic E-state index is -0.295. The van der Waals surface area contributed by atoms with Crippen molar-refractivity contribution >= 4 is 15.9 Å². The molecule has 2 nitrogen and oxygen atoms in total. The number of rotatable bonds is 6. The van der Waals surface area contributed by atoms with E-state index >= 15 is 0 Å². The summed E-state index contributed by atoms with van der Waals surface area (Å²) in [5.74, 6) is 0.256. The van der Waals surface area contributed by atoms with Crippen LogP contribution in [-0.4, -0.2) is 18.7 Å². The Morgan fingerprint density at radius 3 is 2.65 bits per heavy atom. The third-order valence-electron chi connectivity index (χ3n) is 2.54. The fraction of sp³-hybridized carbons (Fsp3) is 0.538. The van der Waals surface area contributed by atoms with E-state index in [9.17, 15) is 4.39 Å². The number of halogens is 2. The van der Waals surface area contributed by atoms with Gasteiger partial charge < -0.3 is 10.1 Å². The van der Waals surface area contributed by atoms with Crippen LogP contribution in [0.3, 0.4) is 0 Å². The van der Waals surface area contributed by atoms with Gasteiger partial charge in [0.2, 0.25) is 0 Å². The van der Waals surface area contributed by atoms with Crippen LogP contribution in [-0.2, 0) is 0 Å². The van der Waals surface area contributed by atoms with Gasteiger partial charge in [-0.25, -0.2) is 4.39 Å². The van der Waals surface area contributed by atoms with Crippen LogP contribution in [0.25, 0.3) is 0 Å². The SMILES string of the molecule is CCC(C)NCC(C)Oc1cc(F)cc(Br)c1. The van der Waals surface area contributed by atoms with Gasteiger partial charge in [0.25, 0.3) is 0 Å². The van der Waals surface area contributed by atoms with Crippen LogP contribution in [0.2, 0.25) is 0 Å². The standard InChI is InChI=1S/C13H19BrFNO/c1-4-9(2)16-8-10(3)17-13-6-11(14)5-12(15)7-13/h5-7,9-10,16H,4,8H2,1-3H3. The average molecular weight is 304 g/mol. The molecule has 2 unspecified atom stereocenters. The number of benzene rings is 1. The van der Waals surface area contributed by atoms with E-state index in [1.165, 1.54) is 12.1 Å². The molecule has 0 aliphatic heterocycles. The highest BCUT2D eigenvalue weighted by Gasteiger charge is 2.07. The maximum Gasteiger partial charge on any atom is 0.128 e. The van der Waals surface area contributed by atoms with E-state index in [2.05, 4.69) is 35.1 Å². The van der Waals surface area contributed by atoms with Crippen molar-refractivity contribution in [2.45, 2.75) is 39.3 Å². The van der Waals surface area contributed by atoms with Crippen LogP contribution in [0, 0.1) is 5.82 Å². The van der Waals surface area contributed by atoms with Crippen molar-refractivity contribution < 1.29 is 9.13 Å². The Morgan fingerprint density at radius 1 is 1.35 bits per heavy atom. The van der Waals surface area contributed by atoms with Gasteiger partial charge >= 0.3 is 0 Å². The summed E-state index contributed by atoms with van der Waals surface area (Å²) >= 11 is 3.24. The normalized spacial score (nSPS) is 14.4. The summed E-state index contributed by atoms with van der Waals surface area (Å²) in [6, 6.07) is 5.04. The lowest BCUT2D eigenvalue weighted by Crippen LogP contribution is -2.34. The van der Waals surface area contributed by atoms with E-state index in [1.807, 2.05) is 6.92 Å². The van der Waals surface area contributed by atoms with Crippen LogP contribution < -0.4 is 10.1 Å². The molecule has 1 aromatic rings. The molecule has 0 saturated carbocycles. The lowest BCUT2D eigenvalue weighted by Gasteiger charge is -2.18. The Labute approximate surface area is 111 Å². The molecule has 1 rings (SSSR count). The first kappa shape index (κ1) is 14.5. The molecule has 1 aromatic carbocycles. The quantitative estimate of drug-likeness (QED) is 0.864. The van der Waals surface area contributed by atoms with Gasteiger partial charge in [0, 0.05) is 23.1 Å².